The summed E-state index contributed by atoms with van der Waals surface area (Å²) in [5.74, 6) is 2.35. The van der Waals surface area contributed by atoms with Crippen molar-refractivity contribution in [2.24, 2.45) is 11.8 Å². The van der Waals surface area contributed by atoms with Crippen LogP contribution in [0.3, 0.4) is 0 Å². The van der Waals surface area contributed by atoms with E-state index in [0.29, 0.717) is 5.92 Å². The van der Waals surface area contributed by atoms with Gasteiger partial charge in [0.05, 0.1) is 13.3 Å². The summed E-state index contributed by atoms with van der Waals surface area (Å²) in [5, 5.41) is 3.52. The van der Waals surface area contributed by atoms with Gasteiger partial charge in [0, 0.05) is 12.7 Å². The van der Waals surface area contributed by atoms with E-state index >= 15 is 0 Å². The number of nitrogens with zero attached hydrogens (tertiary/aromatic N) is 1. The molecule has 1 saturated heterocycles. The van der Waals surface area contributed by atoms with E-state index in [1.54, 1.807) is 13.3 Å². The zero-order chi connectivity index (χ0) is 12.4. The Hall–Kier alpha value is -1.35. The third-order valence-corrected chi connectivity index (χ3v) is 4.21. The van der Waals surface area contributed by atoms with Crippen molar-refractivity contribution in [1.29, 1.82) is 0 Å². The summed E-state index contributed by atoms with van der Waals surface area (Å²) in [4.78, 5) is 4.28. The molecule has 1 aromatic heterocycles. The molecule has 18 heavy (non-hydrogen) atoms. The second kappa shape index (κ2) is 5.11. The van der Waals surface area contributed by atoms with Crippen molar-refractivity contribution >= 4 is 5.57 Å². The van der Waals surface area contributed by atoms with E-state index in [4.69, 9.17) is 4.74 Å². The zero-order valence-corrected chi connectivity index (χ0v) is 10.9. The van der Waals surface area contributed by atoms with Gasteiger partial charge in [-0.3, -0.25) is 4.98 Å². The van der Waals surface area contributed by atoms with Gasteiger partial charge in [0.15, 0.2) is 0 Å². The number of methoxy groups -OCH3 is 1. The predicted octanol–water partition coefficient (Wildman–Crippen LogP) is 2.49. The Morgan fingerprint density at radius 1 is 1.33 bits per heavy atom. The Balaban J connectivity index is 1.91. The molecule has 1 aliphatic carbocycles. The fourth-order valence-electron chi connectivity index (χ4n) is 3.25. The Morgan fingerprint density at radius 2 is 2.28 bits per heavy atom. The molecule has 1 fully saturated rings. The van der Waals surface area contributed by atoms with Gasteiger partial charge in [-0.05, 0) is 54.8 Å². The molecule has 2 atom stereocenters. The fourth-order valence-corrected chi connectivity index (χ4v) is 3.25. The summed E-state index contributed by atoms with van der Waals surface area (Å²) in [7, 11) is 1.70. The topological polar surface area (TPSA) is 34.1 Å². The van der Waals surface area contributed by atoms with E-state index < -0.39 is 0 Å². The number of piperidine rings is 1. The van der Waals surface area contributed by atoms with E-state index in [9.17, 15) is 0 Å². The molecule has 2 heterocycles. The highest BCUT2D eigenvalue weighted by atomic mass is 16.5. The van der Waals surface area contributed by atoms with Crippen LogP contribution >= 0.6 is 0 Å². The van der Waals surface area contributed by atoms with Crippen LogP contribution in [0.25, 0.3) is 5.57 Å². The molecule has 0 radical (unpaired) electrons. The third-order valence-electron chi connectivity index (χ3n) is 4.21. The third kappa shape index (κ3) is 2.15. The first-order valence-corrected chi connectivity index (χ1v) is 6.78. The van der Waals surface area contributed by atoms with Crippen LogP contribution in [0.1, 0.15) is 24.8 Å². The summed E-state index contributed by atoms with van der Waals surface area (Å²) in [6, 6.07) is 2.11. The summed E-state index contributed by atoms with van der Waals surface area (Å²) < 4.78 is 5.28. The maximum absolute atomic E-state index is 5.28. The standard InChI is InChI=1S/C15H20N2O/c1-18-13-7-12(8-17-9-13)14-4-2-3-11-5-6-16-10-15(11)14/h4,7-9,11,15-16H,2-3,5-6,10H2,1H3/t11-,15+/m0/s1. The van der Waals surface area contributed by atoms with Crippen LogP contribution in [0, 0.1) is 11.8 Å². The summed E-state index contributed by atoms with van der Waals surface area (Å²) in [6.07, 6.45) is 9.97. The second-order valence-electron chi connectivity index (χ2n) is 5.21. The van der Waals surface area contributed by atoms with Crippen molar-refractivity contribution in [1.82, 2.24) is 10.3 Å². The minimum atomic E-state index is 0.654. The molecular formula is C15H20N2O. The molecule has 3 rings (SSSR count). The van der Waals surface area contributed by atoms with Gasteiger partial charge in [-0.15, -0.1) is 0 Å². The Morgan fingerprint density at radius 3 is 3.17 bits per heavy atom. The number of hydrogen-bond donors (Lipinski definition) is 1. The average molecular weight is 244 g/mol. The van der Waals surface area contributed by atoms with E-state index in [-0.39, 0.29) is 0 Å². The number of pyridine rings is 1. The van der Waals surface area contributed by atoms with Crippen molar-refractivity contribution < 1.29 is 4.74 Å². The van der Waals surface area contributed by atoms with E-state index in [1.807, 2.05) is 6.20 Å². The van der Waals surface area contributed by atoms with Crippen LogP contribution < -0.4 is 10.1 Å². The van der Waals surface area contributed by atoms with Crippen LogP contribution in [0.5, 0.6) is 5.75 Å². The summed E-state index contributed by atoms with van der Waals surface area (Å²) in [6.45, 7) is 2.28. The first-order valence-electron chi connectivity index (χ1n) is 6.78. The largest absolute Gasteiger partial charge is 0.495 e. The van der Waals surface area contributed by atoms with Gasteiger partial charge in [-0.2, -0.15) is 0 Å². The van der Waals surface area contributed by atoms with Gasteiger partial charge >= 0.3 is 0 Å². The van der Waals surface area contributed by atoms with Gasteiger partial charge in [-0.1, -0.05) is 6.08 Å². The molecule has 1 aromatic rings. The maximum Gasteiger partial charge on any atom is 0.137 e. The van der Waals surface area contributed by atoms with Crippen LogP contribution in [0.4, 0.5) is 0 Å². The molecule has 0 saturated carbocycles. The zero-order valence-electron chi connectivity index (χ0n) is 10.9. The lowest BCUT2D eigenvalue weighted by Crippen LogP contribution is -2.38. The number of fused-ring (bicyclic) bond motifs is 1. The van der Waals surface area contributed by atoms with Crippen LogP contribution in [0.15, 0.2) is 24.5 Å². The van der Waals surface area contributed by atoms with Gasteiger partial charge in [0.25, 0.3) is 0 Å². The number of allylic oxidation sites excluding steroid dienone is 1. The normalized spacial score (nSPS) is 27.3. The minimum absolute atomic E-state index is 0.654. The second-order valence-corrected chi connectivity index (χ2v) is 5.21. The first-order chi connectivity index (χ1) is 8.88. The molecule has 0 unspecified atom stereocenters. The van der Waals surface area contributed by atoms with Gasteiger partial charge in [-0.25, -0.2) is 0 Å². The molecule has 0 amide bonds. The van der Waals surface area contributed by atoms with Crippen molar-refractivity contribution in [3.8, 4) is 5.75 Å². The highest BCUT2D eigenvalue weighted by molar-refractivity contribution is 5.69. The summed E-state index contributed by atoms with van der Waals surface area (Å²) in [5.41, 5.74) is 2.69. The number of nitrogens with one attached hydrogen (secondary N) is 1. The van der Waals surface area contributed by atoms with Crippen molar-refractivity contribution in [2.75, 3.05) is 20.2 Å². The quantitative estimate of drug-likeness (QED) is 0.868. The number of aromatic nitrogens is 1. The lowest BCUT2D eigenvalue weighted by atomic mass is 9.73. The molecule has 0 aromatic carbocycles. The SMILES string of the molecule is COc1cncc(C2=CCC[C@H]3CCNC[C@@H]23)c1. The van der Waals surface area contributed by atoms with Crippen molar-refractivity contribution in [2.45, 2.75) is 19.3 Å². The molecular weight excluding hydrogens is 224 g/mol. The predicted molar refractivity (Wildman–Crippen MR) is 72.5 cm³/mol. The van der Waals surface area contributed by atoms with E-state index in [2.05, 4.69) is 22.4 Å². The molecule has 0 spiro atoms. The molecule has 0 bridgehead atoms. The molecule has 2 aliphatic rings. The lowest BCUT2D eigenvalue weighted by molar-refractivity contribution is 0.285. The Kier molecular flexibility index (Phi) is 3.33. The highest BCUT2D eigenvalue weighted by Crippen LogP contribution is 2.39. The number of rotatable bonds is 2. The molecule has 1 aliphatic heterocycles. The fraction of sp³-hybridized carbons (Fsp3) is 0.533. The van der Waals surface area contributed by atoms with Crippen molar-refractivity contribution in [3.63, 3.8) is 0 Å². The van der Waals surface area contributed by atoms with E-state index in [0.717, 1.165) is 18.2 Å². The minimum Gasteiger partial charge on any atom is -0.495 e. The van der Waals surface area contributed by atoms with Gasteiger partial charge in [0.1, 0.15) is 5.75 Å². The maximum atomic E-state index is 5.28. The van der Waals surface area contributed by atoms with Gasteiger partial charge < -0.3 is 10.1 Å². The van der Waals surface area contributed by atoms with E-state index in [1.165, 1.54) is 36.9 Å². The average Bonchev–Trinajstić information content (AvgIpc) is 2.47. The van der Waals surface area contributed by atoms with Crippen LogP contribution in [-0.2, 0) is 0 Å². The highest BCUT2D eigenvalue weighted by Gasteiger charge is 2.30. The number of ether oxygens (including phenoxy) is 1. The van der Waals surface area contributed by atoms with Crippen molar-refractivity contribution in [3.05, 3.63) is 30.1 Å². The molecule has 3 heteroatoms. The van der Waals surface area contributed by atoms with Crippen LogP contribution in [0.2, 0.25) is 0 Å². The summed E-state index contributed by atoms with van der Waals surface area (Å²) >= 11 is 0. The molecule has 3 nitrogen and oxygen atoms in total. The van der Waals surface area contributed by atoms with Crippen LogP contribution in [-0.4, -0.2) is 25.2 Å². The lowest BCUT2D eigenvalue weighted by Gasteiger charge is -2.37. The smallest absolute Gasteiger partial charge is 0.137 e. The monoisotopic (exact) mass is 244 g/mol. The Labute approximate surface area is 108 Å². The Bertz CT molecular complexity index is 456. The molecule has 96 valence electrons. The number of hydrogen-bond acceptors (Lipinski definition) is 3. The van der Waals surface area contributed by atoms with Gasteiger partial charge in [0.2, 0.25) is 0 Å². The molecule has 1 N–H and O–H groups in total. The first kappa shape index (κ1) is 11.7.